The molecule has 1 heterocycles. The van der Waals surface area contributed by atoms with Crippen molar-refractivity contribution in [1.29, 1.82) is 0 Å². The summed E-state index contributed by atoms with van der Waals surface area (Å²) in [4.78, 5) is 13.3. The molecule has 1 N–H and O–H groups in total. The van der Waals surface area contributed by atoms with Gasteiger partial charge in [-0.25, -0.2) is 4.39 Å². The minimum Gasteiger partial charge on any atom is -0.356 e. The Kier molecular flexibility index (Phi) is 3.14. The molecule has 20 heavy (non-hydrogen) atoms. The van der Waals surface area contributed by atoms with Crippen molar-refractivity contribution >= 4 is 23.0 Å². The van der Waals surface area contributed by atoms with Gasteiger partial charge >= 0.3 is 0 Å². The van der Waals surface area contributed by atoms with Crippen LogP contribution in [-0.2, 0) is 11.2 Å². The summed E-state index contributed by atoms with van der Waals surface area (Å²) in [6.07, 6.45) is 0.869. The van der Waals surface area contributed by atoms with E-state index in [1.54, 1.807) is 24.0 Å². The Balaban J connectivity index is 1.83. The number of nitrogens with zero attached hydrogens (tertiary/aromatic N) is 1. The van der Waals surface area contributed by atoms with Crippen LogP contribution in [0.3, 0.4) is 0 Å². The van der Waals surface area contributed by atoms with Gasteiger partial charge in [-0.3, -0.25) is 4.79 Å². The monoisotopic (exact) mass is 270 g/mol. The summed E-state index contributed by atoms with van der Waals surface area (Å²) in [5, 5.41) is 3.23. The van der Waals surface area contributed by atoms with Crippen LogP contribution in [0.25, 0.3) is 0 Å². The van der Waals surface area contributed by atoms with Crippen molar-refractivity contribution in [2.45, 2.75) is 13.3 Å². The van der Waals surface area contributed by atoms with Crippen LogP contribution in [0, 0.1) is 5.82 Å². The Labute approximate surface area is 117 Å². The van der Waals surface area contributed by atoms with E-state index >= 15 is 0 Å². The normalized spacial score (nSPS) is 13.2. The summed E-state index contributed by atoms with van der Waals surface area (Å²) in [5.74, 6) is -0.176. The molecule has 1 amide bonds. The second-order valence-electron chi connectivity index (χ2n) is 4.90. The zero-order valence-corrected chi connectivity index (χ0v) is 11.2. The molecule has 0 radical (unpaired) electrons. The summed E-state index contributed by atoms with van der Waals surface area (Å²) >= 11 is 0. The van der Waals surface area contributed by atoms with Gasteiger partial charge in [0, 0.05) is 30.5 Å². The highest BCUT2D eigenvalue weighted by Crippen LogP contribution is 2.31. The highest BCUT2D eigenvalue weighted by Gasteiger charge is 2.21. The average Bonchev–Trinajstić information content (AvgIpc) is 2.84. The molecule has 1 aliphatic heterocycles. The van der Waals surface area contributed by atoms with Crippen LogP contribution in [0.1, 0.15) is 12.5 Å². The molecule has 0 unspecified atom stereocenters. The van der Waals surface area contributed by atoms with Crippen LogP contribution in [0.4, 0.5) is 21.5 Å². The molecule has 0 bridgehead atoms. The molecule has 0 fully saturated rings. The van der Waals surface area contributed by atoms with Crippen molar-refractivity contribution in [1.82, 2.24) is 0 Å². The molecule has 0 saturated carbocycles. The Morgan fingerprint density at radius 3 is 2.55 bits per heavy atom. The zero-order valence-electron chi connectivity index (χ0n) is 11.2. The lowest BCUT2D eigenvalue weighted by Crippen LogP contribution is -2.25. The summed E-state index contributed by atoms with van der Waals surface area (Å²) < 4.78 is 12.9. The minimum atomic E-state index is -0.249. The maximum Gasteiger partial charge on any atom is 0.223 e. The molecule has 0 aromatic heterocycles. The third kappa shape index (κ3) is 2.37. The van der Waals surface area contributed by atoms with Gasteiger partial charge in [0.25, 0.3) is 0 Å². The van der Waals surface area contributed by atoms with Crippen LogP contribution in [0.15, 0.2) is 42.5 Å². The Bertz CT molecular complexity index is 652. The first-order valence-electron chi connectivity index (χ1n) is 6.57. The quantitative estimate of drug-likeness (QED) is 0.906. The first-order valence-corrected chi connectivity index (χ1v) is 6.57. The smallest absolute Gasteiger partial charge is 0.223 e. The standard InChI is InChI=1S/C16H15FN2O/c1-11(20)19-9-8-12-10-15(6-7-16(12)19)18-14-4-2-13(17)3-5-14/h2-7,10,18H,8-9H2,1H3. The molecular formula is C16H15FN2O. The molecular weight excluding hydrogens is 255 g/mol. The van der Waals surface area contributed by atoms with Gasteiger partial charge in [0.05, 0.1) is 0 Å². The summed E-state index contributed by atoms with van der Waals surface area (Å²) in [5.41, 5.74) is 3.93. The molecule has 102 valence electrons. The number of rotatable bonds is 2. The molecule has 3 nitrogen and oxygen atoms in total. The molecule has 1 aliphatic rings. The van der Waals surface area contributed by atoms with Gasteiger partial charge in [0.2, 0.25) is 5.91 Å². The van der Waals surface area contributed by atoms with E-state index in [1.165, 1.54) is 12.1 Å². The van der Waals surface area contributed by atoms with Crippen molar-refractivity contribution in [2.24, 2.45) is 0 Å². The number of nitrogens with one attached hydrogen (secondary N) is 1. The second kappa shape index (κ2) is 4.96. The molecule has 2 aromatic carbocycles. The summed E-state index contributed by atoms with van der Waals surface area (Å²) in [6, 6.07) is 12.2. The number of carbonyl (C=O) groups is 1. The van der Waals surface area contributed by atoms with Crippen molar-refractivity contribution in [2.75, 3.05) is 16.8 Å². The lowest BCUT2D eigenvalue weighted by atomic mass is 10.1. The predicted molar refractivity (Wildman–Crippen MR) is 77.9 cm³/mol. The molecule has 3 rings (SSSR count). The van der Waals surface area contributed by atoms with Gasteiger partial charge in [-0.15, -0.1) is 0 Å². The topological polar surface area (TPSA) is 32.3 Å². The van der Waals surface area contributed by atoms with Gasteiger partial charge in [0.1, 0.15) is 5.82 Å². The highest BCUT2D eigenvalue weighted by molar-refractivity contribution is 5.94. The Hall–Kier alpha value is -2.36. The predicted octanol–water partition coefficient (Wildman–Crippen LogP) is 3.48. The van der Waals surface area contributed by atoms with Crippen molar-refractivity contribution in [3.8, 4) is 0 Å². The third-order valence-corrected chi connectivity index (χ3v) is 3.49. The number of amides is 1. The van der Waals surface area contributed by atoms with E-state index in [0.29, 0.717) is 0 Å². The minimum absolute atomic E-state index is 0.0722. The van der Waals surface area contributed by atoms with Crippen LogP contribution in [0.5, 0.6) is 0 Å². The van der Waals surface area contributed by atoms with E-state index in [4.69, 9.17) is 0 Å². The third-order valence-electron chi connectivity index (χ3n) is 3.49. The van der Waals surface area contributed by atoms with E-state index in [2.05, 4.69) is 5.32 Å². The molecule has 2 aromatic rings. The van der Waals surface area contributed by atoms with Crippen LogP contribution >= 0.6 is 0 Å². The average molecular weight is 270 g/mol. The zero-order chi connectivity index (χ0) is 14.1. The number of benzene rings is 2. The lowest BCUT2D eigenvalue weighted by molar-refractivity contribution is -0.116. The van der Waals surface area contributed by atoms with E-state index in [0.717, 1.165) is 35.6 Å². The first kappa shape index (κ1) is 12.7. The first-order chi connectivity index (χ1) is 9.63. The molecule has 0 atom stereocenters. The van der Waals surface area contributed by atoms with Crippen molar-refractivity contribution < 1.29 is 9.18 Å². The largest absolute Gasteiger partial charge is 0.356 e. The van der Waals surface area contributed by atoms with Crippen molar-refractivity contribution in [3.63, 3.8) is 0 Å². The Morgan fingerprint density at radius 1 is 1.15 bits per heavy atom. The molecule has 0 saturated heterocycles. The van der Waals surface area contributed by atoms with Gasteiger partial charge in [-0.2, -0.15) is 0 Å². The fourth-order valence-electron chi connectivity index (χ4n) is 2.51. The summed E-state index contributed by atoms with van der Waals surface area (Å²) in [6.45, 7) is 2.32. The number of halogens is 1. The fraction of sp³-hybridized carbons (Fsp3) is 0.188. The van der Waals surface area contributed by atoms with E-state index in [1.807, 2.05) is 18.2 Å². The van der Waals surface area contributed by atoms with Gasteiger partial charge in [-0.05, 0) is 54.4 Å². The van der Waals surface area contributed by atoms with Crippen molar-refractivity contribution in [3.05, 3.63) is 53.8 Å². The maximum atomic E-state index is 12.9. The number of anilines is 3. The fourth-order valence-corrected chi connectivity index (χ4v) is 2.51. The van der Waals surface area contributed by atoms with E-state index < -0.39 is 0 Å². The Morgan fingerprint density at radius 2 is 1.85 bits per heavy atom. The van der Waals surface area contributed by atoms with Crippen LogP contribution < -0.4 is 10.2 Å². The highest BCUT2D eigenvalue weighted by atomic mass is 19.1. The summed E-state index contributed by atoms with van der Waals surface area (Å²) in [7, 11) is 0. The molecule has 0 aliphatic carbocycles. The van der Waals surface area contributed by atoms with E-state index in [-0.39, 0.29) is 11.7 Å². The number of carbonyl (C=O) groups excluding carboxylic acids is 1. The van der Waals surface area contributed by atoms with E-state index in [9.17, 15) is 9.18 Å². The second-order valence-corrected chi connectivity index (χ2v) is 4.90. The number of hydrogen-bond donors (Lipinski definition) is 1. The molecule has 0 spiro atoms. The lowest BCUT2D eigenvalue weighted by Gasteiger charge is -2.15. The molecule has 4 heteroatoms. The van der Waals surface area contributed by atoms with Crippen LogP contribution in [0.2, 0.25) is 0 Å². The van der Waals surface area contributed by atoms with Crippen LogP contribution in [-0.4, -0.2) is 12.5 Å². The SMILES string of the molecule is CC(=O)N1CCc2cc(Nc3ccc(F)cc3)ccc21. The number of fused-ring (bicyclic) bond motifs is 1. The van der Waals surface area contributed by atoms with Gasteiger partial charge in [0.15, 0.2) is 0 Å². The number of hydrogen-bond acceptors (Lipinski definition) is 2. The maximum absolute atomic E-state index is 12.9. The van der Waals surface area contributed by atoms with Gasteiger partial charge in [-0.1, -0.05) is 0 Å². The van der Waals surface area contributed by atoms with Gasteiger partial charge < -0.3 is 10.2 Å².